The van der Waals surface area contributed by atoms with Crippen LogP contribution in [0, 0.1) is 0 Å². The summed E-state index contributed by atoms with van der Waals surface area (Å²) < 4.78 is 2.65. The zero-order valence-corrected chi connectivity index (χ0v) is 27.3. The fourth-order valence-electron chi connectivity index (χ4n) is 7.42. The van der Waals surface area contributed by atoms with Crippen molar-refractivity contribution in [1.29, 1.82) is 0 Å². The third-order valence-corrected chi connectivity index (χ3v) is 10.9. The van der Waals surface area contributed by atoms with Crippen LogP contribution in [-0.4, -0.2) is 9.97 Å². The predicted molar refractivity (Wildman–Crippen MR) is 209 cm³/mol. The van der Waals surface area contributed by atoms with Crippen LogP contribution in [0.15, 0.2) is 170 Å². The third-order valence-electron chi connectivity index (χ3n) is 9.76. The molecule has 0 N–H and O–H groups in total. The molecule has 10 aromatic rings. The minimum atomic E-state index is 0.951. The minimum absolute atomic E-state index is 0.951. The molecule has 0 aliphatic carbocycles. The predicted octanol–water partition coefficient (Wildman–Crippen LogP) is 13.0. The van der Waals surface area contributed by atoms with Gasteiger partial charge in [0.15, 0.2) is 0 Å². The van der Waals surface area contributed by atoms with Gasteiger partial charge in [0.1, 0.15) is 0 Å². The van der Waals surface area contributed by atoms with Crippen molar-refractivity contribution in [2.45, 2.75) is 0 Å². The second kappa shape index (κ2) is 11.2. The van der Waals surface area contributed by atoms with Gasteiger partial charge in [0.2, 0.25) is 0 Å². The molecule has 0 atom stereocenters. The first kappa shape index (κ1) is 27.9. The number of nitrogens with zero attached hydrogens (tertiary/aromatic N) is 2. The molecule has 0 saturated carbocycles. The zero-order valence-electron chi connectivity index (χ0n) is 26.5. The van der Waals surface area contributed by atoms with Crippen molar-refractivity contribution in [1.82, 2.24) is 9.97 Å². The van der Waals surface area contributed by atoms with Gasteiger partial charge < -0.3 is 0 Å². The maximum absolute atomic E-state index is 5.33. The van der Waals surface area contributed by atoms with E-state index in [0.29, 0.717) is 0 Å². The van der Waals surface area contributed by atoms with Crippen LogP contribution < -0.4 is 0 Å². The number of hydrogen-bond acceptors (Lipinski definition) is 3. The number of benzene rings is 7. The molecule has 7 aromatic carbocycles. The minimum Gasteiger partial charge on any atom is -0.265 e. The van der Waals surface area contributed by atoms with Gasteiger partial charge in [0, 0.05) is 43.7 Å². The molecule has 0 saturated heterocycles. The largest absolute Gasteiger partial charge is 0.265 e. The summed E-state index contributed by atoms with van der Waals surface area (Å²) in [4.78, 5) is 9.50. The van der Waals surface area contributed by atoms with Crippen molar-refractivity contribution in [2.75, 3.05) is 0 Å². The molecule has 0 radical (unpaired) electrons. The second-order valence-electron chi connectivity index (χ2n) is 12.6. The van der Waals surface area contributed by atoms with E-state index in [2.05, 4.69) is 151 Å². The summed E-state index contributed by atoms with van der Waals surface area (Å²) in [5.41, 5.74) is 8.72. The summed E-state index contributed by atoms with van der Waals surface area (Å²) in [6.45, 7) is 0. The highest BCUT2D eigenvalue weighted by atomic mass is 32.1. The van der Waals surface area contributed by atoms with E-state index in [1.54, 1.807) is 0 Å². The van der Waals surface area contributed by atoms with Gasteiger partial charge in [0.25, 0.3) is 0 Å². The average molecular weight is 641 g/mol. The van der Waals surface area contributed by atoms with Crippen LogP contribution in [0.3, 0.4) is 0 Å². The van der Waals surface area contributed by atoms with Gasteiger partial charge in [-0.25, -0.2) is 4.98 Å². The molecule has 228 valence electrons. The average Bonchev–Trinajstić information content (AvgIpc) is 3.57. The summed E-state index contributed by atoms with van der Waals surface area (Å²) in [5.74, 6) is 0. The Morgan fingerprint density at radius 2 is 0.898 bits per heavy atom. The van der Waals surface area contributed by atoms with Crippen molar-refractivity contribution in [3.63, 3.8) is 0 Å². The molecule has 2 nitrogen and oxygen atoms in total. The number of rotatable bonds is 4. The van der Waals surface area contributed by atoms with Crippen LogP contribution in [0.4, 0.5) is 0 Å². The molecule has 0 unspecified atom stereocenters. The summed E-state index contributed by atoms with van der Waals surface area (Å²) in [6.07, 6.45) is 3.67. The number of pyridine rings is 2. The van der Waals surface area contributed by atoms with Crippen LogP contribution >= 0.6 is 11.3 Å². The Labute approximate surface area is 287 Å². The van der Waals surface area contributed by atoms with Crippen molar-refractivity contribution in [3.8, 4) is 44.8 Å². The molecule has 3 heterocycles. The van der Waals surface area contributed by atoms with Gasteiger partial charge in [-0.05, 0) is 97.0 Å². The topological polar surface area (TPSA) is 25.8 Å². The molecule has 3 heteroatoms. The maximum Gasteiger partial charge on any atom is 0.0715 e. The molecular formula is C46H28N2S. The summed E-state index contributed by atoms with van der Waals surface area (Å²) in [5, 5.41) is 10.4. The van der Waals surface area contributed by atoms with Crippen LogP contribution in [0.5, 0.6) is 0 Å². The SMILES string of the molecule is c1ccc(-c2cc(-c3ccc(-c4ccncc4)cc3)nc(-c3ccc4c(c3)c3ccccc3c3ccc5sc6ccccc6c5c34)c2)cc1. The lowest BCUT2D eigenvalue weighted by molar-refractivity contribution is 1.32. The Kier molecular flexibility index (Phi) is 6.39. The first-order valence-electron chi connectivity index (χ1n) is 16.6. The van der Waals surface area contributed by atoms with Gasteiger partial charge in [-0.2, -0.15) is 0 Å². The highest BCUT2D eigenvalue weighted by Crippen LogP contribution is 2.45. The molecule has 0 aliphatic heterocycles. The third kappa shape index (κ3) is 4.62. The molecule has 0 spiro atoms. The van der Waals surface area contributed by atoms with Gasteiger partial charge in [-0.3, -0.25) is 4.98 Å². The monoisotopic (exact) mass is 640 g/mol. The Morgan fingerprint density at radius 1 is 0.327 bits per heavy atom. The van der Waals surface area contributed by atoms with E-state index in [1.807, 2.05) is 35.9 Å². The van der Waals surface area contributed by atoms with Gasteiger partial charge in [0.05, 0.1) is 11.4 Å². The molecule has 10 rings (SSSR count). The molecule has 0 bridgehead atoms. The van der Waals surface area contributed by atoms with E-state index in [9.17, 15) is 0 Å². The van der Waals surface area contributed by atoms with Crippen molar-refractivity contribution in [3.05, 3.63) is 170 Å². The normalized spacial score (nSPS) is 11.7. The second-order valence-corrected chi connectivity index (χ2v) is 13.7. The Hall–Kier alpha value is -6.16. The van der Waals surface area contributed by atoms with Crippen LogP contribution in [0.25, 0.3) is 97.3 Å². The molecule has 3 aromatic heterocycles. The lowest BCUT2D eigenvalue weighted by Gasteiger charge is -2.14. The van der Waals surface area contributed by atoms with E-state index in [4.69, 9.17) is 4.98 Å². The molecular weight excluding hydrogens is 613 g/mol. The summed E-state index contributed by atoms with van der Waals surface area (Å²) in [7, 11) is 0. The molecule has 0 fully saturated rings. The van der Waals surface area contributed by atoms with E-state index >= 15 is 0 Å². The fourth-order valence-corrected chi connectivity index (χ4v) is 8.53. The van der Waals surface area contributed by atoms with E-state index < -0.39 is 0 Å². The zero-order chi connectivity index (χ0) is 32.3. The van der Waals surface area contributed by atoms with Crippen LogP contribution in [-0.2, 0) is 0 Å². The van der Waals surface area contributed by atoms with E-state index in [1.165, 1.54) is 58.1 Å². The van der Waals surface area contributed by atoms with Crippen molar-refractivity contribution in [2.24, 2.45) is 0 Å². The maximum atomic E-state index is 5.33. The Balaban J connectivity index is 1.21. The van der Waals surface area contributed by atoms with Crippen molar-refractivity contribution < 1.29 is 0 Å². The van der Waals surface area contributed by atoms with Crippen molar-refractivity contribution >= 4 is 63.8 Å². The molecule has 0 amide bonds. The van der Waals surface area contributed by atoms with E-state index in [0.717, 1.165) is 39.2 Å². The highest BCUT2D eigenvalue weighted by Gasteiger charge is 2.17. The summed E-state index contributed by atoms with van der Waals surface area (Å²) >= 11 is 1.88. The fraction of sp³-hybridized carbons (Fsp3) is 0. The molecule has 49 heavy (non-hydrogen) atoms. The van der Waals surface area contributed by atoms with Crippen LogP contribution in [0.1, 0.15) is 0 Å². The number of aromatic nitrogens is 2. The van der Waals surface area contributed by atoms with Gasteiger partial charge >= 0.3 is 0 Å². The Bertz CT molecular complexity index is 2850. The van der Waals surface area contributed by atoms with Gasteiger partial charge in [-0.15, -0.1) is 11.3 Å². The summed E-state index contributed by atoms with van der Waals surface area (Å²) in [6, 6.07) is 57.0. The van der Waals surface area contributed by atoms with Crippen LogP contribution in [0.2, 0.25) is 0 Å². The lowest BCUT2D eigenvalue weighted by Crippen LogP contribution is -1.92. The first-order chi connectivity index (χ1) is 24.3. The van der Waals surface area contributed by atoms with E-state index in [-0.39, 0.29) is 0 Å². The van der Waals surface area contributed by atoms with Gasteiger partial charge in [-0.1, -0.05) is 115 Å². The number of fused-ring (bicyclic) bond motifs is 10. The number of thiophene rings is 1. The smallest absolute Gasteiger partial charge is 0.0715 e. The highest BCUT2D eigenvalue weighted by molar-refractivity contribution is 7.26. The quantitative estimate of drug-likeness (QED) is 0.179. The standard InChI is InChI=1S/C46H28N2S/c1-2-8-29(9-3-1)34-27-41(32-16-14-30(15-17-32)31-22-24-47-25-23-31)48-42(28-34)33-18-19-38-40(26-33)36-11-5-4-10-35(36)37-20-21-44-46(45(37)38)39-12-6-7-13-43(39)49-44/h1-28H. The lowest BCUT2D eigenvalue weighted by atomic mass is 9.90. The first-order valence-corrected chi connectivity index (χ1v) is 17.4. The Morgan fingerprint density at radius 3 is 1.69 bits per heavy atom. The number of hydrogen-bond donors (Lipinski definition) is 0. The molecule has 0 aliphatic rings.